The second kappa shape index (κ2) is 9.52. The highest BCUT2D eigenvalue weighted by atomic mass is 35.5. The zero-order valence-corrected chi connectivity index (χ0v) is 19.6. The molecule has 2 aromatic rings. The molecule has 0 bridgehead atoms. The number of hydroxylamine groups is 1. The Bertz CT molecular complexity index is 910. The summed E-state index contributed by atoms with van der Waals surface area (Å²) in [5.74, 6) is -0.341. The standard InChI is InChI=1S/C22H28ClN3O4S/c1-22(2,3)29-19-12-15(13-25-8-10-28-11-9-25)20(27)26(30-19)21-24-18(14-31-21)16-6-4-5-7-17(16)23/h4-7,14-15,19H,8-13H2,1-3H3. The first-order valence-electron chi connectivity index (χ1n) is 10.5. The van der Waals surface area contributed by atoms with Crippen molar-refractivity contribution < 1.29 is 19.1 Å². The Kier molecular flexibility index (Phi) is 6.95. The van der Waals surface area contributed by atoms with Crippen LogP contribution >= 0.6 is 22.9 Å². The molecule has 3 heterocycles. The molecule has 31 heavy (non-hydrogen) atoms. The van der Waals surface area contributed by atoms with Crippen LogP contribution in [0.1, 0.15) is 27.2 Å². The summed E-state index contributed by atoms with van der Waals surface area (Å²) < 4.78 is 11.5. The lowest BCUT2D eigenvalue weighted by Gasteiger charge is -2.39. The van der Waals surface area contributed by atoms with Crippen molar-refractivity contribution in [3.63, 3.8) is 0 Å². The predicted octanol–water partition coefficient (Wildman–Crippen LogP) is 4.22. The van der Waals surface area contributed by atoms with Gasteiger partial charge in [0.05, 0.1) is 30.4 Å². The molecular weight excluding hydrogens is 438 g/mol. The summed E-state index contributed by atoms with van der Waals surface area (Å²) in [6.45, 7) is 9.61. The number of anilines is 1. The van der Waals surface area contributed by atoms with E-state index in [4.69, 9.17) is 25.9 Å². The van der Waals surface area contributed by atoms with Gasteiger partial charge in [0.25, 0.3) is 5.91 Å². The fourth-order valence-corrected chi connectivity index (χ4v) is 4.72. The van der Waals surface area contributed by atoms with Crippen LogP contribution in [-0.4, -0.2) is 60.5 Å². The molecule has 2 atom stereocenters. The third-order valence-electron chi connectivity index (χ3n) is 5.13. The number of halogens is 1. The van der Waals surface area contributed by atoms with Gasteiger partial charge in [0.15, 0.2) is 6.29 Å². The third kappa shape index (κ3) is 5.63. The first-order chi connectivity index (χ1) is 14.8. The maximum atomic E-state index is 13.4. The number of hydrogen-bond donors (Lipinski definition) is 0. The SMILES string of the molecule is CC(C)(C)OC1CC(CN2CCOCC2)C(=O)N(c2nc(-c3ccccc3Cl)cs2)O1. The Balaban J connectivity index is 1.57. The van der Waals surface area contributed by atoms with Gasteiger partial charge in [-0.2, -0.15) is 5.06 Å². The number of rotatable bonds is 5. The maximum Gasteiger partial charge on any atom is 0.257 e. The number of aromatic nitrogens is 1. The van der Waals surface area contributed by atoms with Crippen LogP contribution in [0.25, 0.3) is 11.3 Å². The van der Waals surface area contributed by atoms with Crippen LogP contribution in [0.5, 0.6) is 0 Å². The Morgan fingerprint density at radius 2 is 2.00 bits per heavy atom. The van der Waals surface area contributed by atoms with E-state index in [0.29, 0.717) is 42.0 Å². The molecule has 2 saturated heterocycles. The lowest BCUT2D eigenvalue weighted by atomic mass is 10.0. The van der Waals surface area contributed by atoms with Gasteiger partial charge in [-0.05, 0) is 26.8 Å². The van der Waals surface area contributed by atoms with Gasteiger partial charge in [-0.3, -0.25) is 9.69 Å². The molecule has 2 unspecified atom stereocenters. The minimum atomic E-state index is -0.531. The molecule has 0 aliphatic carbocycles. The van der Waals surface area contributed by atoms with Crippen molar-refractivity contribution in [1.29, 1.82) is 0 Å². The van der Waals surface area contributed by atoms with Gasteiger partial charge in [-0.25, -0.2) is 9.82 Å². The van der Waals surface area contributed by atoms with Crippen molar-refractivity contribution in [1.82, 2.24) is 9.88 Å². The van der Waals surface area contributed by atoms with E-state index in [1.807, 2.05) is 50.4 Å². The Morgan fingerprint density at radius 1 is 1.26 bits per heavy atom. The van der Waals surface area contributed by atoms with Crippen molar-refractivity contribution in [2.24, 2.45) is 5.92 Å². The molecule has 2 aliphatic rings. The number of morpholine rings is 1. The fourth-order valence-electron chi connectivity index (χ4n) is 3.71. The van der Waals surface area contributed by atoms with Gasteiger partial charge in [0.1, 0.15) is 0 Å². The Labute approximate surface area is 191 Å². The molecule has 2 fully saturated rings. The van der Waals surface area contributed by atoms with Gasteiger partial charge in [0, 0.05) is 42.0 Å². The zero-order chi connectivity index (χ0) is 22.0. The lowest BCUT2D eigenvalue weighted by Crippen LogP contribution is -2.52. The van der Waals surface area contributed by atoms with E-state index in [-0.39, 0.29) is 11.8 Å². The summed E-state index contributed by atoms with van der Waals surface area (Å²) >= 11 is 7.68. The molecule has 168 valence electrons. The minimum Gasteiger partial charge on any atom is -0.379 e. The molecule has 2 aliphatic heterocycles. The van der Waals surface area contributed by atoms with Crippen LogP contribution in [0.4, 0.5) is 5.13 Å². The van der Waals surface area contributed by atoms with Gasteiger partial charge >= 0.3 is 0 Å². The van der Waals surface area contributed by atoms with Crippen molar-refractivity contribution in [2.75, 3.05) is 37.9 Å². The van der Waals surface area contributed by atoms with Gasteiger partial charge in [0.2, 0.25) is 5.13 Å². The summed E-state index contributed by atoms with van der Waals surface area (Å²) in [5, 5.41) is 4.30. The lowest BCUT2D eigenvalue weighted by molar-refractivity contribution is -0.224. The fraction of sp³-hybridized carbons (Fsp3) is 0.545. The molecule has 0 N–H and O–H groups in total. The summed E-state index contributed by atoms with van der Waals surface area (Å²) in [6, 6.07) is 7.52. The van der Waals surface area contributed by atoms with E-state index in [9.17, 15) is 4.79 Å². The molecule has 9 heteroatoms. The first-order valence-corrected chi connectivity index (χ1v) is 11.7. The second-order valence-electron chi connectivity index (χ2n) is 8.74. The Hall–Kier alpha value is -1.55. The van der Waals surface area contributed by atoms with E-state index >= 15 is 0 Å². The van der Waals surface area contributed by atoms with Crippen LogP contribution < -0.4 is 5.06 Å². The zero-order valence-electron chi connectivity index (χ0n) is 18.0. The van der Waals surface area contributed by atoms with Gasteiger partial charge < -0.3 is 9.47 Å². The molecule has 1 aromatic carbocycles. The number of amides is 1. The quantitative estimate of drug-likeness (QED) is 0.658. The van der Waals surface area contributed by atoms with E-state index in [1.54, 1.807) is 0 Å². The molecule has 7 nitrogen and oxygen atoms in total. The predicted molar refractivity (Wildman–Crippen MR) is 121 cm³/mol. The molecule has 0 radical (unpaired) electrons. The van der Waals surface area contributed by atoms with Gasteiger partial charge in [-0.15, -0.1) is 11.3 Å². The molecule has 4 rings (SSSR count). The number of nitrogens with zero attached hydrogens (tertiary/aromatic N) is 3. The summed E-state index contributed by atoms with van der Waals surface area (Å²) in [6.07, 6.45) is -0.0245. The Morgan fingerprint density at radius 3 is 2.71 bits per heavy atom. The number of ether oxygens (including phenoxy) is 2. The summed E-state index contributed by atoms with van der Waals surface area (Å²) in [4.78, 5) is 26.3. The largest absolute Gasteiger partial charge is 0.379 e. The highest BCUT2D eigenvalue weighted by Gasteiger charge is 2.40. The van der Waals surface area contributed by atoms with Crippen molar-refractivity contribution in [3.05, 3.63) is 34.7 Å². The van der Waals surface area contributed by atoms with Crippen molar-refractivity contribution in [2.45, 2.75) is 39.1 Å². The molecule has 1 aromatic heterocycles. The minimum absolute atomic E-state index is 0.0969. The van der Waals surface area contributed by atoms with Crippen molar-refractivity contribution in [3.8, 4) is 11.3 Å². The second-order valence-corrected chi connectivity index (χ2v) is 9.98. The average Bonchev–Trinajstić information content (AvgIpc) is 3.20. The maximum absolute atomic E-state index is 13.4. The number of benzene rings is 1. The number of carbonyl (C=O) groups excluding carboxylic acids is 1. The van der Waals surface area contributed by atoms with E-state index in [2.05, 4.69) is 9.88 Å². The van der Waals surface area contributed by atoms with Crippen LogP contribution in [0, 0.1) is 5.92 Å². The van der Waals surface area contributed by atoms with Crippen LogP contribution in [0.15, 0.2) is 29.6 Å². The van der Waals surface area contributed by atoms with E-state index in [1.165, 1.54) is 16.4 Å². The smallest absolute Gasteiger partial charge is 0.257 e. The number of thiazole rings is 1. The normalized spacial score (nSPS) is 23.4. The molecule has 1 amide bonds. The molecule has 0 saturated carbocycles. The monoisotopic (exact) mass is 465 g/mol. The van der Waals surface area contributed by atoms with Crippen LogP contribution in [-0.2, 0) is 19.1 Å². The highest BCUT2D eigenvalue weighted by molar-refractivity contribution is 7.14. The third-order valence-corrected chi connectivity index (χ3v) is 6.27. The topological polar surface area (TPSA) is 64.1 Å². The first kappa shape index (κ1) is 22.6. The molecular formula is C22H28ClN3O4S. The number of hydrogen-bond acceptors (Lipinski definition) is 7. The van der Waals surface area contributed by atoms with E-state index < -0.39 is 11.9 Å². The average molecular weight is 466 g/mol. The number of carbonyl (C=O) groups is 1. The summed E-state index contributed by atoms with van der Waals surface area (Å²) in [5.41, 5.74) is 1.14. The van der Waals surface area contributed by atoms with Crippen LogP contribution in [0.3, 0.4) is 0 Å². The summed E-state index contributed by atoms with van der Waals surface area (Å²) in [7, 11) is 0. The molecule has 0 spiro atoms. The highest BCUT2D eigenvalue weighted by Crippen LogP contribution is 2.35. The van der Waals surface area contributed by atoms with Gasteiger partial charge in [-0.1, -0.05) is 29.8 Å². The van der Waals surface area contributed by atoms with Crippen LogP contribution in [0.2, 0.25) is 5.02 Å². The van der Waals surface area contributed by atoms with Crippen molar-refractivity contribution >= 4 is 34.0 Å². The van der Waals surface area contributed by atoms with E-state index in [0.717, 1.165) is 18.7 Å².